The number of nitrogens with zero attached hydrogens (tertiary/aromatic N) is 3. The molecule has 1 aliphatic heterocycles. The molecule has 6 nitrogen and oxygen atoms in total. The number of oxazole rings is 1. The van der Waals surface area contributed by atoms with Crippen LogP contribution >= 0.6 is 11.3 Å². The quantitative estimate of drug-likeness (QED) is 0.656. The van der Waals surface area contributed by atoms with Crippen molar-refractivity contribution in [2.75, 3.05) is 6.54 Å². The van der Waals surface area contributed by atoms with E-state index >= 15 is 0 Å². The van der Waals surface area contributed by atoms with Crippen molar-refractivity contribution in [2.24, 2.45) is 0 Å². The Morgan fingerprint density at radius 2 is 2.33 bits per heavy atom. The lowest BCUT2D eigenvalue weighted by atomic mass is 10.0. The zero-order valence-corrected chi connectivity index (χ0v) is 15.3. The van der Waals surface area contributed by atoms with Crippen LogP contribution in [0.2, 0.25) is 0 Å². The van der Waals surface area contributed by atoms with Crippen LogP contribution in [0.3, 0.4) is 0 Å². The van der Waals surface area contributed by atoms with Crippen molar-refractivity contribution in [3.8, 4) is 5.75 Å². The number of aromatic nitrogens is 2. The van der Waals surface area contributed by atoms with Crippen LogP contribution < -0.4 is 4.74 Å². The number of ether oxygens (including phenoxy) is 1. The summed E-state index contributed by atoms with van der Waals surface area (Å²) in [5, 5.41) is 2.87. The van der Waals surface area contributed by atoms with E-state index in [2.05, 4.69) is 9.97 Å². The minimum absolute atomic E-state index is 0.0186. The minimum Gasteiger partial charge on any atom is -0.484 e. The van der Waals surface area contributed by atoms with Gasteiger partial charge in [-0.15, -0.1) is 11.3 Å². The SMILES string of the molecule is O=C(c1coc(COc2cccc(F)c2)n1)N1CCCCC1c1nccs1. The molecule has 0 bridgehead atoms. The lowest BCUT2D eigenvalue weighted by Gasteiger charge is -2.33. The van der Waals surface area contributed by atoms with Gasteiger partial charge in [-0.2, -0.15) is 0 Å². The van der Waals surface area contributed by atoms with Crippen molar-refractivity contribution in [3.63, 3.8) is 0 Å². The highest BCUT2D eigenvalue weighted by Crippen LogP contribution is 2.33. The van der Waals surface area contributed by atoms with E-state index in [0.717, 1.165) is 24.3 Å². The van der Waals surface area contributed by atoms with Crippen molar-refractivity contribution in [1.29, 1.82) is 0 Å². The lowest BCUT2D eigenvalue weighted by Crippen LogP contribution is -2.38. The second-order valence-corrected chi connectivity index (χ2v) is 7.18. The summed E-state index contributed by atoms with van der Waals surface area (Å²) in [6.45, 7) is 0.692. The number of rotatable bonds is 5. The monoisotopic (exact) mass is 387 g/mol. The molecular weight excluding hydrogens is 369 g/mol. The average molecular weight is 387 g/mol. The number of carbonyl (C=O) groups excluding carboxylic acids is 1. The van der Waals surface area contributed by atoms with E-state index in [0.29, 0.717) is 12.3 Å². The van der Waals surface area contributed by atoms with Gasteiger partial charge >= 0.3 is 0 Å². The Morgan fingerprint density at radius 3 is 3.15 bits per heavy atom. The standard InChI is InChI=1S/C19H18FN3O3S/c20-13-4-3-5-14(10-13)25-12-17-22-15(11-26-17)19(24)23-8-2-1-6-16(23)18-21-7-9-27-18/h3-5,7,9-11,16H,1-2,6,8,12H2. The summed E-state index contributed by atoms with van der Waals surface area (Å²) in [4.78, 5) is 23.4. The van der Waals surface area contributed by atoms with E-state index in [1.54, 1.807) is 29.7 Å². The number of piperidine rings is 1. The molecule has 4 rings (SSSR count). The normalized spacial score (nSPS) is 17.1. The Kier molecular flexibility index (Phi) is 5.15. The molecule has 3 aromatic rings. The summed E-state index contributed by atoms with van der Waals surface area (Å²) in [5.74, 6) is 0.0936. The molecule has 1 amide bonds. The van der Waals surface area contributed by atoms with Gasteiger partial charge < -0.3 is 14.1 Å². The number of hydrogen-bond acceptors (Lipinski definition) is 6. The Hall–Kier alpha value is -2.74. The first kappa shape index (κ1) is 17.7. The molecule has 1 unspecified atom stereocenters. The third-order valence-corrected chi connectivity index (χ3v) is 5.31. The van der Waals surface area contributed by atoms with Crippen LogP contribution in [0.25, 0.3) is 0 Å². The Bertz CT molecular complexity index is 913. The number of benzene rings is 1. The molecule has 27 heavy (non-hydrogen) atoms. The van der Waals surface area contributed by atoms with Crippen molar-refractivity contribution < 1.29 is 18.3 Å². The van der Waals surface area contributed by atoms with Crippen molar-refractivity contribution in [2.45, 2.75) is 31.9 Å². The number of thiazole rings is 1. The highest BCUT2D eigenvalue weighted by Gasteiger charge is 2.31. The number of hydrogen-bond donors (Lipinski definition) is 0. The molecule has 1 aliphatic rings. The fourth-order valence-corrected chi connectivity index (χ4v) is 3.94. The van der Waals surface area contributed by atoms with Crippen LogP contribution in [0.4, 0.5) is 4.39 Å². The molecule has 1 atom stereocenters. The fraction of sp³-hybridized carbons (Fsp3) is 0.316. The zero-order valence-electron chi connectivity index (χ0n) is 14.5. The van der Waals surface area contributed by atoms with E-state index in [4.69, 9.17) is 9.15 Å². The molecule has 8 heteroatoms. The Labute approximate surface area is 159 Å². The molecule has 0 spiro atoms. The molecule has 140 valence electrons. The largest absolute Gasteiger partial charge is 0.484 e. The number of amides is 1. The van der Waals surface area contributed by atoms with Crippen LogP contribution in [0.1, 0.15) is 46.7 Å². The second-order valence-electron chi connectivity index (χ2n) is 6.25. The first-order chi connectivity index (χ1) is 13.2. The molecule has 1 saturated heterocycles. The third kappa shape index (κ3) is 4.00. The van der Waals surface area contributed by atoms with E-state index < -0.39 is 0 Å². The van der Waals surface area contributed by atoms with Gasteiger partial charge in [0.2, 0.25) is 5.89 Å². The van der Waals surface area contributed by atoms with Crippen LogP contribution in [-0.2, 0) is 6.61 Å². The average Bonchev–Trinajstić information content (AvgIpc) is 3.38. The van der Waals surface area contributed by atoms with Gasteiger partial charge in [0.05, 0.1) is 6.04 Å². The van der Waals surface area contributed by atoms with E-state index in [9.17, 15) is 9.18 Å². The first-order valence-electron chi connectivity index (χ1n) is 8.74. The predicted molar refractivity (Wildman–Crippen MR) is 97.0 cm³/mol. The van der Waals surface area contributed by atoms with Crippen molar-refractivity contribution in [1.82, 2.24) is 14.9 Å². The maximum Gasteiger partial charge on any atom is 0.276 e. The summed E-state index contributed by atoms with van der Waals surface area (Å²) in [7, 11) is 0. The van der Waals surface area contributed by atoms with Crippen molar-refractivity contribution in [3.05, 3.63) is 64.5 Å². The topological polar surface area (TPSA) is 68.5 Å². The van der Waals surface area contributed by atoms with Gasteiger partial charge in [0, 0.05) is 24.2 Å². The maximum atomic E-state index is 13.2. The highest BCUT2D eigenvalue weighted by molar-refractivity contribution is 7.09. The van der Waals surface area contributed by atoms with Crippen molar-refractivity contribution >= 4 is 17.2 Å². The fourth-order valence-electron chi connectivity index (χ4n) is 3.15. The molecule has 0 radical (unpaired) electrons. The first-order valence-corrected chi connectivity index (χ1v) is 9.62. The number of halogens is 1. The smallest absolute Gasteiger partial charge is 0.276 e. The zero-order chi connectivity index (χ0) is 18.6. The summed E-state index contributed by atoms with van der Waals surface area (Å²) >= 11 is 1.56. The molecule has 0 aliphatic carbocycles. The Morgan fingerprint density at radius 1 is 1.41 bits per heavy atom. The van der Waals surface area contributed by atoms with Gasteiger partial charge in [-0.25, -0.2) is 14.4 Å². The van der Waals surface area contributed by atoms with Gasteiger partial charge in [0.15, 0.2) is 12.3 Å². The lowest BCUT2D eigenvalue weighted by molar-refractivity contribution is 0.0605. The van der Waals surface area contributed by atoms with Gasteiger partial charge in [0.25, 0.3) is 5.91 Å². The third-order valence-electron chi connectivity index (χ3n) is 4.43. The van der Waals surface area contributed by atoms with Crippen LogP contribution in [0.15, 0.2) is 46.5 Å². The molecule has 2 aromatic heterocycles. The molecule has 0 N–H and O–H groups in total. The maximum absolute atomic E-state index is 13.2. The summed E-state index contributed by atoms with van der Waals surface area (Å²) in [6, 6.07) is 5.80. The van der Waals surface area contributed by atoms with E-state index in [1.165, 1.54) is 18.4 Å². The number of likely N-dealkylation sites (tertiary alicyclic amines) is 1. The minimum atomic E-state index is -0.380. The molecular formula is C19H18FN3O3S. The van der Waals surface area contributed by atoms with Crippen LogP contribution in [0.5, 0.6) is 5.75 Å². The molecule has 1 aromatic carbocycles. The summed E-state index contributed by atoms with van der Waals surface area (Å²) in [5.41, 5.74) is 0.247. The van der Waals surface area contributed by atoms with E-state index in [1.807, 2.05) is 10.3 Å². The van der Waals surface area contributed by atoms with Gasteiger partial charge in [-0.1, -0.05) is 6.07 Å². The van der Waals surface area contributed by atoms with Gasteiger partial charge in [0.1, 0.15) is 22.8 Å². The predicted octanol–water partition coefficient (Wildman–Crippen LogP) is 4.22. The second kappa shape index (κ2) is 7.87. The van der Waals surface area contributed by atoms with Gasteiger partial charge in [-0.3, -0.25) is 4.79 Å². The summed E-state index contributed by atoms with van der Waals surface area (Å²) in [6.07, 6.45) is 6.03. The van der Waals surface area contributed by atoms with Gasteiger partial charge in [-0.05, 0) is 31.4 Å². The molecule has 1 fully saturated rings. The Balaban J connectivity index is 1.44. The van der Waals surface area contributed by atoms with Crippen LogP contribution in [0, 0.1) is 5.82 Å². The summed E-state index contributed by atoms with van der Waals surface area (Å²) < 4.78 is 24.0. The van der Waals surface area contributed by atoms with E-state index in [-0.39, 0.29) is 36.0 Å². The van der Waals surface area contributed by atoms with Crippen LogP contribution in [-0.4, -0.2) is 27.3 Å². The number of carbonyl (C=O) groups is 1. The highest BCUT2D eigenvalue weighted by atomic mass is 32.1. The molecule has 0 saturated carbocycles. The molecule has 3 heterocycles.